The van der Waals surface area contributed by atoms with Gasteiger partial charge in [-0.1, -0.05) is 0 Å². The molecule has 0 bridgehead atoms. The summed E-state index contributed by atoms with van der Waals surface area (Å²) in [6.45, 7) is 6.51. The molecule has 1 aliphatic heterocycles. The van der Waals surface area contributed by atoms with Crippen LogP contribution in [0.5, 0.6) is 0 Å². The first-order valence-corrected chi connectivity index (χ1v) is 9.39. The van der Waals surface area contributed by atoms with Crippen LogP contribution >= 0.6 is 11.6 Å². The molecule has 1 fully saturated rings. The number of sulfone groups is 1. The van der Waals surface area contributed by atoms with Crippen LogP contribution in [0.2, 0.25) is 0 Å². The zero-order valence-corrected chi connectivity index (χ0v) is 13.9. The van der Waals surface area contributed by atoms with Crippen LogP contribution in [0, 0.1) is 6.92 Å². The molecule has 2 unspecified atom stereocenters. The van der Waals surface area contributed by atoms with Gasteiger partial charge in [-0.15, -0.1) is 11.6 Å². The fraction of sp³-hybridized carbons (Fsp3) is 0.692. The lowest BCUT2D eigenvalue weighted by molar-refractivity contribution is 0.524. The van der Waals surface area contributed by atoms with E-state index in [9.17, 15) is 8.42 Å². The molecule has 3 heterocycles. The first-order valence-electron chi connectivity index (χ1n) is 7.13. The van der Waals surface area contributed by atoms with Crippen LogP contribution in [0.25, 0.3) is 11.2 Å². The summed E-state index contributed by atoms with van der Waals surface area (Å²) in [6.07, 6.45) is 0.609. The maximum atomic E-state index is 11.8. The van der Waals surface area contributed by atoms with Gasteiger partial charge in [0.2, 0.25) is 0 Å². The van der Waals surface area contributed by atoms with Crippen molar-refractivity contribution in [3.05, 3.63) is 11.5 Å². The molecule has 0 N–H and O–H groups in total. The number of fused-ring (bicyclic) bond motifs is 1. The van der Waals surface area contributed by atoms with Crippen molar-refractivity contribution in [3.8, 4) is 0 Å². The molecule has 3 rings (SSSR count). The van der Waals surface area contributed by atoms with E-state index in [0.717, 1.165) is 22.7 Å². The van der Waals surface area contributed by atoms with E-state index in [1.807, 2.05) is 30.0 Å². The van der Waals surface area contributed by atoms with Crippen LogP contribution in [0.1, 0.15) is 43.2 Å². The predicted octanol–water partition coefficient (Wildman–Crippen LogP) is 2.22. The Morgan fingerprint density at radius 1 is 1.48 bits per heavy atom. The molecule has 116 valence electrons. The lowest BCUT2D eigenvalue weighted by atomic mass is 10.2. The van der Waals surface area contributed by atoms with E-state index in [2.05, 4.69) is 10.1 Å². The Hall–Kier alpha value is -1.08. The molecule has 0 saturated carbocycles. The van der Waals surface area contributed by atoms with E-state index >= 15 is 0 Å². The van der Waals surface area contributed by atoms with Crippen molar-refractivity contribution in [2.24, 2.45) is 0 Å². The van der Waals surface area contributed by atoms with Crippen LogP contribution in [0.3, 0.4) is 0 Å². The number of imidazole rings is 1. The SMILES string of the molecule is CCn1nc(C)c2nc(C(C)Cl)n(C3CCS(=O)(=O)C3)c21. The van der Waals surface area contributed by atoms with Crippen LogP contribution in [0.15, 0.2) is 0 Å². The zero-order valence-electron chi connectivity index (χ0n) is 12.4. The average Bonchev–Trinajstić information content (AvgIpc) is 3.03. The highest BCUT2D eigenvalue weighted by atomic mass is 35.5. The van der Waals surface area contributed by atoms with Crippen molar-refractivity contribution >= 4 is 32.6 Å². The molecular formula is C13H19ClN4O2S. The topological polar surface area (TPSA) is 69.8 Å². The minimum atomic E-state index is -2.97. The number of hydrogen-bond donors (Lipinski definition) is 0. The van der Waals surface area contributed by atoms with Crippen molar-refractivity contribution in [1.82, 2.24) is 19.3 Å². The second-order valence-electron chi connectivity index (χ2n) is 5.59. The van der Waals surface area contributed by atoms with Crippen LogP contribution in [0.4, 0.5) is 0 Å². The van der Waals surface area contributed by atoms with Gasteiger partial charge in [0.05, 0.1) is 28.6 Å². The third kappa shape index (κ3) is 2.36. The van der Waals surface area contributed by atoms with E-state index in [4.69, 9.17) is 11.6 Å². The Kier molecular flexibility index (Phi) is 3.52. The van der Waals surface area contributed by atoms with Crippen molar-refractivity contribution in [3.63, 3.8) is 0 Å². The monoisotopic (exact) mass is 330 g/mol. The molecular weight excluding hydrogens is 312 g/mol. The summed E-state index contributed by atoms with van der Waals surface area (Å²) in [7, 11) is -2.97. The number of alkyl halides is 1. The minimum Gasteiger partial charge on any atom is -0.307 e. The number of nitrogens with zero attached hydrogens (tertiary/aromatic N) is 4. The van der Waals surface area contributed by atoms with Crippen LogP contribution < -0.4 is 0 Å². The Morgan fingerprint density at radius 2 is 2.19 bits per heavy atom. The summed E-state index contributed by atoms with van der Waals surface area (Å²) >= 11 is 6.27. The first kappa shape index (κ1) is 14.8. The molecule has 6 nitrogen and oxygen atoms in total. The predicted molar refractivity (Wildman–Crippen MR) is 82.5 cm³/mol. The maximum Gasteiger partial charge on any atom is 0.159 e. The molecule has 2 atom stereocenters. The largest absolute Gasteiger partial charge is 0.307 e. The summed E-state index contributed by atoms with van der Waals surface area (Å²) in [5, 5.41) is 4.21. The highest BCUT2D eigenvalue weighted by Gasteiger charge is 2.34. The van der Waals surface area contributed by atoms with Gasteiger partial charge in [0.1, 0.15) is 11.3 Å². The highest BCUT2D eigenvalue weighted by Crippen LogP contribution is 2.34. The normalized spacial score (nSPS) is 23.0. The molecule has 2 aromatic rings. The maximum absolute atomic E-state index is 11.8. The summed E-state index contributed by atoms with van der Waals surface area (Å²) in [4.78, 5) is 4.63. The Bertz CT molecular complexity index is 791. The quantitative estimate of drug-likeness (QED) is 0.809. The lowest BCUT2D eigenvalue weighted by Gasteiger charge is -2.17. The van der Waals surface area contributed by atoms with Gasteiger partial charge in [0.25, 0.3) is 0 Å². The van der Waals surface area contributed by atoms with E-state index in [-0.39, 0.29) is 22.9 Å². The second kappa shape index (κ2) is 4.98. The smallest absolute Gasteiger partial charge is 0.159 e. The van der Waals surface area contributed by atoms with Gasteiger partial charge < -0.3 is 4.57 Å². The summed E-state index contributed by atoms with van der Waals surface area (Å²) in [6, 6.07) is -0.0994. The fourth-order valence-corrected chi connectivity index (χ4v) is 4.90. The fourth-order valence-electron chi connectivity index (χ4n) is 3.05. The molecule has 0 amide bonds. The van der Waals surface area contributed by atoms with Crippen molar-refractivity contribution in [2.75, 3.05) is 11.5 Å². The number of halogens is 1. The molecule has 0 spiro atoms. The number of aromatic nitrogens is 4. The van der Waals surface area contributed by atoms with Crippen LogP contribution in [-0.2, 0) is 16.4 Å². The standard InChI is InChI=1S/C13H19ClN4O2S/c1-4-17-13-11(9(3)16-17)15-12(8(2)14)18(13)10-5-6-21(19,20)7-10/h8,10H,4-7H2,1-3H3. The van der Waals surface area contributed by atoms with Gasteiger partial charge in [0.15, 0.2) is 15.5 Å². The lowest BCUT2D eigenvalue weighted by Crippen LogP contribution is -2.16. The molecule has 0 aliphatic carbocycles. The van der Waals surface area contributed by atoms with Crippen LogP contribution in [-0.4, -0.2) is 39.3 Å². The number of aryl methyl sites for hydroxylation is 2. The van der Waals surface area contributed by atoms with Gasteiger partial charge in [-0.3, -0.25) is 0 Å². The Morgan fingerprint density at radius 3 is 2.71 bits per heavy atom. The zero-order chi connectivity index (χ0) is 15.4. The highest BCUT2D eigenvalue weighted by molar-refractivity contribution is 7.91. The Balaban J connectivity index is 2.25. The van der Waals surface area contributed by atoms with Crippen molar-refractivity contribution < 1.29 is 8.42 Å². The first-order chi connectivity index (χ1) is 9.84. The number of hydrogen-bond acceptors (Lipinski definition) is 4. The molecule has 21 heavy (non-hydrogen) atoms. The van der Waals surface area contributed by atoms with Crippen molar-refractivity contribution in [1.29, 1.82) is 0 Å². The second-order valence-corrected chi connectivity index (χ2v) is 8.47. The summed E-state index contributed by atoms with van der Waals surface area (Å²) < 4.78 is 27.5. The van der Waals surface area contributed by atoms with Gasteiger partial charge in [-0.05, 0) is 27.2 Å². The third-order valence-corrected chi connectivity index (χ3v) is 5.95. The minimum absolute atomic E-state index is 0.0994. The average molecular weight is 331 g/mol. The molecule has 0 radical (unpaired) electrons. The van der Waals surface area contributed by atoms with E-state index in [1.165, 1.54) is 0 Å². The Labute approximate surface area is 129 Å². The summed E-state index contributed by atoms with van der Waals surface area (Å²) in [5.74, 6) is 1.12. The summed E-state index contributed by atoms with van der Waals surface area (Å²) in [5.41, 5.74) is 2.56. The van der Waals surface area contributed by atoms with E-state index in [0.29, 0.717) is 13.0 Å². The van der Waals surface area contributed by atoms with Gasteiger partial charge in [-0.25, -0.2) is 18.1 Å². The van der Waals surface area contributed by atoms with Gasteiger partial charge in [-0.2, -0.15) is 5.10 Å². The van der Waals surface area contributed by atoms with E-state index < -0.39 is 9.84 Å². The van der Waals surface area contributed by atoms with Crippen molar-refractivity contribution in [2.45, 2.75) is 45.2 Å². The number of rotatable bonds is 3. The van der Waals surface area contributed by atoms with Gasteiger partial charge >= 0.3 is 0 Å². The molecule has 8 heteroatoms. The third-order valence-electron chi connectivity index (χ3n) is 4.00. The van der Waals surface area contributed by atoms with Gasteiger partial charge in [0, 0.05) is 6.54 Å². The van der Waals surface area contributed by atoms with E-state index in [1.54, 1.807) is 0 Å². The molecule has 2 aromatic heterocycles. The molecule has 1 aliphatic rings. The molecule has 0 aromatic carbocycles. The molecule has 1 saturated heterocycles.